The summed E-state index contributed by atoms with van der Waals surface area (Å²) in [5, 5.41) is 16.8. The van der Waals surface area contributed by atoms with Crippen LogP contribution in [-0.2, 0) is 17.7 Å². The molecule has 1 saturated heterocycles. The van der Waals surface area contributed by atoms with Gasteiger partial charge < -0.3 is 20.5 Å². The van der Waals surface area contributed by atoms with Gasteiger partial charge in [-0.3, -0.25) is 9.69 Å². The molecule has 2 aliphatic heterocycles. The quantitative estimate of drug-likeness (QED) is 0.655. The molecule has 2 heterocycles. The van der Waals surface area contributed by atoms with Gasteiger partial charge in [-0.2, -0.15) is 0 Å². The Labute approximate surface area is 178 Å². The van der Waals surface area contributed by atoms with E-state index in [2.05, 4.69) is 39.8 Å². The number of anilines is 1. The van der Waals surface area contributed by atoms with E-state index >= 15 is 0 Å². The molecule has 6 nitrogen and oxygen atoms in total. The average molecular weight is 410 g/mol. The van der Waals surface area contributed by atoms with Crippen LogP contribution in [0.1, 0.15) is 33.5 Å². The summed E-state index contributed by atoms with van der Waals surface area (Å²) in [5.41, 5.74) is 5.20. The van der Waals surface area contributed by atoms with Crippen LogP contribution < -0.4 is 10.6 Å². The number of aliphatic hydroxyl groups excluding tert-OH is 1. The van der Waals surface area contributed by atoms with Crippen molar-refractivity contribution in [3.8, 4) is 0 Å². The summed E-state index contributed by atoms with van der Waals surface area (Å²) in [6.07, 6.45) is 1.37. The Morgan fingerprint density at radius 3 is 2.90 bits per heavy atom. The van der Waals surface area contributed by atoms with Crippen molar-refractivity contribution in [1.82, 2.24) is 10.2 Å². The summed E-state index contributed by atoms with van der Waals surface area (Å²) in [6, 6.07) is 14.6. The highest BCUT2D eigenvalue weighted by Crippen LogP contribution is 2.20. The smallest absolute Gasteiger partial charge is 0.251 e. The van der Waals surface area contributed by atoms with Crippen LogP contribution in [0.25, 0.3) is 0 Å². The Bertz CT molecular complexity index is 880. The largest absolute Gasteiger partial charge is 0.390 e. The molecule has 2 aromatic carbocycles. The van der Waals surface area contributed by atoms with Gasteiger partial charge in [0.05, 0.1) is 18.8 Å². The van der Waals surface area contributed by atoms with Crippen molar-refractivity contribution in [2.45, 2.75) is 38.5 Å². The molecule has 6 heteroatoms. The number of β-amino-alcohol motifs (C(OH)–C–C–N with tert-alkyl or cyclic N) is 1. The van der Waals surface area contributed by atoms with E-state index in [1.807, 2.05) is 25.1 Å². The molecule has 0 aromatic heterocycles. The molecule has 160 valence electrons. The van der Waals surface area contributed by atoms with Gasteiger partial charge in [0.15, 0.2) is 0 Å². The van der Waals surface area contributed by atoms with Gasteiger partial charge in [-0.05, 0) is 48.6 Å². The number of rotatable bonds is 7. The van der Waals surface area contributed by atoms with Crippen LogP contribution in [0.5, 0.6) is 0 Å². The lowest BCUT2D eigenvalue weighted by molar-refractivity contribution is 0.0841. The highest BCUT2D eigenvalue weighted by Gasteiger charge is 2.20. The van der Waals surface area contributed by atoms with Crippen molar-refractivity contribution in [3.63, 3.8) is 0 Å². The number of aryl methyl sites for hydroxylation is 1. The third-order valence-corrected chi connectivity index (χ3v) is 5.96. The Morgan fingerprint density at radius 1 is 1.27 bits per heavy atom. The third-order valence-electron chi connectivity index (χ3n) is 5.96. The number of nitrogens with one attached hydrogen (secondary N) is 2. The van der Waals surface area contributed by atoms with Crippen LogP contribution in [-0.4, -0.2) is 60.9 Å². The van der Waals surface area contributed by atoms with Crippen molar-refractivity contribution in [2.75, 3.05) is 38.2 Å². The molecule has 3 N–H and O–H groups in total. The molecule has 0 aliphatic carbocycles. The zero-order chi connectivity index (χ0) is 20.9. The fourth-order valence-corrected chi connectivity index (χ4v) is 4.22. The van der Waals surface area contributed by atoms with Gasteiger partial charge in [-0.1, -0.05) is 30.3 Å². The van der Waals surface area contributed by atoms with Crippen molar-refractivity contribution in [2.24, 2.45) is 0 Å². The molecule has 4 rings (SSSR count). The molecular weight excluding hydrogens is 378 g/mol. The summed E-state index contributed by atoms with van der Waals surface area (Å²) >= 11 is 0. The maximum atomic E-state index is 12.7. The van der Waals surface area contributed by atoms with Crippen molar-refractivity contribution in [1.29, 1.82) is 0 Å². The molecule has 2 aromatic rings. The van der Waals surface area contributed by atoms with E-state index in [1.54, 1.807) is 0 Å². The molecular formula is C24H31N3O3. The minimum absolute atomic E-state index is 0.151. The Kier molecular flexibility index (Phi) is 6.67. The van der Waals surface area contributed by atoms with E-state index in [0.717, 1.165) is 43.8 Å². The number of carbonyl (C=O) groups is 1. The molecule has 2 atom stereocenters. The van der Waals surface area contributed by atoms with Crippen molar-refractivity contribution < 1.29 is 14.6 Å². The highest BCUT2D eigenvalue weighted by atomic mass is 16.5. The van der Waals surface area contributed by atoms with Crippen molar-refractivity contribution >= 4 is 11.6 Å². The van der Waals surface area contributed by atoms with Crippen LogP contribution in [0.3, 0.4) is 0 Å². The molecule has 0 radical (unpaired) electrons. The molecule has 0 bridgehead atoms. The van der Waals surface area contributed by atoms with Gasteiger partial charge in [-0.15, -0.1) is 0 Å². The van der Waals surface area contributed by atoms with Gasteiger partial charge in [0, 0.05) is 44.0 Å². The van der Waals surface area contributed by atoms with Crippen LogP contribution in [0.15, 0.2) is 42.5 Å². The van der Waals surface area contributed by atoms with Crippen LogP contribution in [0.2, 0.25) is 0 Å². The molecule has 2 unspecified atom stereocenters. The molecule has 0 spiro atoms. The maximum Gasteiger partial charge on any atom is 0.251 e. The van der Waals surface area contributed by atoms with Crippen LogP contribution in [0.4, 0.5) is 5.69 Å². The maximum absolute atomic E-state index is 12.7. The number of ether oxygens (including phenoxy) is 1. The highest BCUT2D eigenvalue weighted by molar-refractivity contribution is 5.96. The fourth-order valence-electron chi connectivity index (χ4n) is 4.22. The SMILES string of the molecule is Cc1ccc(NC2CCOC2)cc1C(=O)NCC(O)CN1CCc2ccccc2C1. The zero-order valence-electron chi connectivity index (χ0n) is 17.6. The van der Waals surface area contributed by atoms with Crippen molar-refractivity contribution in [3.05, 3.63) is 64.7 Å². The number of carbonyl (C=O) groups excluding carboxylic acids is 1. The number of nitrogens with zero attached hydrogens (tertiary/aromatic N) is 1. The van der Waals surface area contributed by atoms with E-state index in [4.69, 9.17) is 4.74 Å². The average Bonchev–Trinajstić information content (AvgIpc) is 3.26. The van der Waals surface area contributed by atoms with Gasteiger partial charge in [0.1, 0.15) is 0 Å². The second-order valence-electron chi connectivity index (χ2n) is 8.35. The molecule has 1 amide bonds. The number of benzene rings is 2. The first kappa shape index (κ1) is 20.8. The summed E-state index contributed by atoms with van der Waals surface area (Å²) in [7, 11) is 0. The van der Waals surface area contributed by atoms with E-state index in [1.165, 1.54) is 11.1 Å². The van der Waals surface area contributed by atoms with E-state index < -0.39 is 6.10 Å². The van der Waals surface area contributed by atoms with Gasteiger partial charge in [0.25, 0.3) is 5.91 Å². The van der Waals surface area contributed by atoms with Gasteiger partial charge >= 0.3 is 0 Å². The zero-order valence-corrected chi connectivity index (χ0v) is 17.6. The minimum atomic E-state index is -0.600. The standard InChI is InChI=1S/C24H31N3O3/c1-17-6-7-20(26-21-9-11-30-16-21)12-23(17)24(29)25-13-22(28)15-27-10-8-18-4-2-3-5-19(18)14-27/h2-7,12,21-22,26,28H,8-11,13-16H2,1H3,(H,25,29). The number of fused-ring (bicyclic) bond motifs is 1. The first-order valence-corrected chi connectivity index (χ1v) is 10.8. The number of hydrogen-bond acceptors (Lipinski definition) is 5. The predicted octanol–water partition coefficient (Wildman–Crippen LogP) is 2.34. The first-order chi connectivity index (χ1) is 14.6. The Morgan fingerprint density at radius 2 is 2.10 bits per heavy atom. The lowest BCUT2D eigenvalue weighted by Gasteiger charge is -2.30. The monoisotopic (exact) mass is 409 g/mol. The Hall–Kier alpha value is -2.41. The van der Waals surface area contributed by atoms with E-state index in [9.17, 15) is 9.90 Å². The second kappa shape index (κ2) is 9.60. The van der Waals surface area contributed by atoms with Crippen LogP contribution in [0, 0.1) is 6.92 Å². The number of aliphatic hydroxyl groups is 1. The Balaban J connectivity index is 1.28. The second-order valence-corrected chi connectivity index (χ2v) is 8.35. The molecule has 0 saturated carbocycles. The lowest BCUT2D eigenvalue weighted by atomic mass is 10.00. The fraction of sp³-hybridized carbons (Fsp3) is 0.458. The lowest BCUT2D eigenvalue weighted by Crippen LogP contribution is -2.42. The number of amides is 1. The normalized spacial score (nSPS) is 19.9. The van der Waals surface area contributed by atoms with Gasteiger partial charge in [0.2, 0.25) is 0 Å². The predicted molar refractivity (Wildman–Crippen MR) is 118 cm³/mol. The molecule has 30 heavy (non-hydrogen) atoms. The van der Waals surface area contributed by atoms with E-state index in [-0.39, 0.29) is 12.5 Å². The van der Waals surface area contributed by atoms with Gasteiger partial charge in [-0.25, -0.2) is 0 Å². The molecule has 2 aliphatic rings. The van der Waals surface area contributed by atoms with E-state index in [0.29, 0.717) is 24.8 Å². The first-order valence-electron chi connectivity index (χ1n) is 10.8. The minimum Gasteiger partial charge on any atom is -0.390 e. The third kappa shape index (κ3) is 5.19. The summed E-state index contributed by atoms with van der Waals surface area (Å²) in [6.45, 7) is 5.97. The number of hydrogen-bond donors (Lipinski definition) is 3. The van der Waals surface area contributed by atoms with Crippen LogP contribution >= 0.6 is 0 Å². The summed E-state index contributed by atoms with van der Waals surface area (Å²) in [4.78, 5) is 15.0. The molecule has 1 fully saturated rings. The topological polar surface area (TPSA) is 73.8 Å². The summed E-state index contributed by atoms with van der Waals surface area (Å²) in [5.74, 6) is -0.151. The summed E-state index contributed by atoms with van der Waals surface area (Å²) < 4.78 is 5.40.